The van der Waals surface area contributed by atoms with E-state index in [1.807, 2.05) is 0 Å². The lowest BCUT2D eigenvalue weighted by molar-refractivity contribution is 0.407. The molecule has 1 rings (SSSR count). The Bertz CT molecular complexity index is 105. The van der Waals surface area contributed by atoms with Gasteiger partial charge in [0.25, 0.3) is 0 Å². The fourth-order valence-electron chi connectivity index (χ4n) is 0.605. The van der Waals surface area contributed by atoms with E-state index in [1.165, 1.54) is 0 Å². The molecule has 2 atom stereocenters. The van der Waals surface area contributed by atoms with Crippen molar-refractivity contribution in [3.05, 3.63) is 0 Å². The molecule has 0 aromatic carbocycles. The van der Waals surface area contributed by atoms with E-state index in [0.29, 0.717) is 0 Å². The van der Waals surface area contributed by atoms with Crippen molar-refractivity contribution in [1.29, 1.82) is 5.26 Å². The van der Waals surface area contributed by atoms with Gasteiger partial charge in [-0.05, 0) is 12.8 Å². The summed E-state index contributed by atoms with van der Waals surface area (Å²) in [6.45, 7) is 0. The summed E-state index contributed by atoms with van der Waals surface area (Å²) in [5, 5.41) is 8.38. The third-order valence-electron chi connectivity index (χ3n) is 1.36. The van der Waals surface area contributed by atoms with Crippen LogP contribution in [0.25, 0.3) is 0 Å². The summed E-state index contributed by atoms with van der Waals surface area (Å²) in [4.78, 5) is 0. The van der Waals surface area contributed by atoms with Gasteiger partial charge in [0.05, 0.1) is 12.0 Å². The molecule has 0 amide bonds. The maximum Gasteiger partial charge on any atom is 0.0671 e. The molecule has 1 aliphatic rings. The maximum atomic E-state index is 8.22. The molecule has 0 unspecified atom stereocenters. The predicted molar refractivity (Wildman–Crippen MR) is 28.0 cm³/mol. The van der Waals surface area contributed by atoms with Crippen molar-refractivity contribution < 1.29 is 0 Å². The fraction of sp³-hybridized carbons (Fsp3) is 0.800. The van der Waals surface area contributed by atoms with Gasteiger partial charge in [-0.15, -0.1) is 11.6 Å². The highest BCUT2D eigenvalue weighted by Crippen LogP contribution is 2.31. The van der Waals surface area contributed by atoms with Crippen LogP contribution in [0.15, 0.2) is 0 Å². The van der Waals surface area contributed by atoms with Crippen molar-refractivity contribution in [2.75, 3.05) is 0 Å². The average Bonchev–Trinajstić information content (AvgIpc) is 1.65. The lowest BCUT2D eigenvalue weighted by Crippen LogP contribution is -2.24. The Labute approximate surface area is 47.9 Å². The van der Waals surface area contributed by atoms with Gasteiger partial charge in [-0.1, -0.05) is 0 Å². The second-order valence-electron chi connectivity index (χ2n) is 1.83. The van der Waals surface area contributed by atoms with Gasteiger partial charge < -0.3 is 0 Å². The van der Waals surface area contributed by atoms with E-state index in [-0.39, 0.29) is 11.3 Å². The molecule has 7 heavy (non-hydrogen) atoms. The molecular formula is C5H6ClN. The minimum atomic E-state index is 0.154. The number of hydrogen-bond acceptors (Lipinski definition) is 1. The molecule has 1 aliphatic carbocycles. The first-order valence-corrected chi connectivity index (χ1v) is 2.82. The van der Waals surface area contributed by atoms with Crippen molar-refractivity contribution >= 4 is 11.6 Å². The predicted octanol–water partition coefficient (Wildman–Crippen LogP) is 1.53. The Morgan fingerprint density at radius 2 is 2.29 bits per heavy atom. The van der Waals surface area contributed by atoms with Crippen LogP contribution in [0, 0.1) is 17.2 Å². The van der Waals surface area contributed by atoms with Gasteiger partial charge in [0, 0.05) is 5.38 Å². The summed E-state index contributed by atoms with van der Waals surface area (Å²) >= 11 is 5.59. The lowest BCUT2D eigenvalue weighted by atomic mass is 9.86. The van der Waals surface area contributed by atoms with E-state index in [1.54, 1.807) is 0 Å². The van der Waals surface area contributed by atoms with Crippen molar-refractivity contribution in [2.45, 2.75) is 18.2 Å². The first-order chi connectivity index (χ1) is 3.34. The number of nitriles is 1. The zero-order chi connectivity index (χ0) is 5.28. The maximum absolute atomic E-state index is 8.22. The third kappa shape index (κ3) is 0.711. The number of alkyl halides is 1. The monoisotopic (exact) mass is 115 g/mol. The summed E-state index contributed by atoms with van der Waals surface area (Å²) < 4.78 is 0. The second kappa shape index (κ2) is 1.71. The molecule has 0 N–H and O–H groups in total. The SMILES string of the molecule is N#C[C@@H]1CC[C@H]1Cl. The third-order valence-corrected chi connectivity index (χ3v) is 1.88. The van der Waals surface area contributed by atoms with E-state index < -0.39 is 0 Å². The minimum absolute atomic E-state index is 0.154. The molecule has 0 aromatic heterocycles. The topological polar surface area (TPSA) is 23.8 Å². The minimum Gasteiger partial charge on any atom is -0.198 e. The van der Waals surface area contributed by atoms with Crippen molar-refractivity contribution in [3.63, 3.8) is 0 Å². The van der Waals surface area contributed by atoms with Crippen LogP contribution >= 0.6 is 11.6 Å². The van der Waals surface area contributed by atoms with Crippen LogP contribution < -0.4 is 0 Å². The molecule has 1 fully saturated rings. The van der Waals surface area contributed by atoms with E-state index >= 15 is 0 Å². The largest absolute Gasteiger partial charge is 0.198 e. The standard InChI is InChI=1S/C5H6ClN/c6-5-2-1-4(5)3-7/h4-5H,1-2H2/t4-,5+/m0/s1. The van der Waals surface area contributed by atoms with Crippen molar-refractivity contribution in [3.8, 4) is 6.07 Å². The summed E-state index contributed by atoms with van der Waals surface area (Å²) in [5.74, 6) is 0.154. The molecule has 0 aromatic rings. The van der Waals surface area contributed by atoms with E-state index in [4.69, 9.17) is 16.9 Å². The molecule has 0 spiro atoms. The Balaban J connectivity index is 2.33. The van der Waals surface area contributed by atoms with Crippen LogP contribution in [0.2, 0.25) is 0 Å². The Hall–Kier alpha value is -0.220. The molecule has 2 heteroatoms. The fourth-order valence-corrected chi connectivity index (χ4v) is 0.913. The number of halogens is 1. The highest BCUT2D eigenvalue weighted by Gasteiger charge is 2.27. The van der Waals surface area contributed by atoms with Crippen LogP contribution in [0.1, 0.15) is 12.8 Å². The van der Waals surface area contributed by atoms with Crippen LogP contribution in [0.3, 0.4) is 0 Å². The van der Waals surface area contributed by atoms with Gasteiger partial charge in [-0.2, -0.15) is 5.26 Å². The molecule has 0 bridgehead atoms. The number of nitrogens with zero attached hydrogens (tertiary/aromatic N) is 1. The van der Waals surface area contributed by atoms with E-state index in [9.17, 15) is 0 Å². The van der Waals surface area contributed by atoms with Crippen LogP contribution in [-0.4, -0.2) is 5.38 Å². The molecular weight excluding hydrogens is 110 g/mol. The molecule has 38 valence electrons. The van der Waals surface area contributed by atoms with Crippen LogP contribution in [0.4, 0.5) is 0 Å². The quantitative estimate of drug-likeness (QED) is 0.439. The van der Waals surface area contributed by atoms with E-state index in [2.05, 4.69) is 6.07 Å². The zero-order valence-corrected chi connectivity index (χ0v) is 4.65. The summed E-state index contributed by atoms with van der Waals surface area (Å²) in [5.41, 5.74) is 0. The van der Waals surface area contributed by atoms with Crippen LogP contribution in [0.5, 0.6) is 0 Å². The first-order valence-electron chi connectivity index (χ1n) is 2.38. The van der Waals surface area contributed by atoms with E-state index in [0.717, 1.165) is 12.8 Å². The molecule has 0 heterocycles. The Morgan fingerprint density at radius 3 is 2.29 bits per heavy atom. The van der Waals surface area contributed by atoms with Gasteiger partial charge >= 0.3 is 0 Å². The first kappa shape index (κ1) is 4.93. The van der Waals surface area contributed by atoms with Gasteiger partial charge in [0.1, 0.15) is 0 Å². The summed E-state index contributed by atoms with van der Waals surface area (Å²) in [6.07, 6.45) is 2.03. The van der Waals surface area contributed by atoms with Gasteiger partial charge in [-0.3, -0.25) is 0 Å². The summed E-state index contributed by atoms with van der Waals surface area (Å²) in [7, 11) is 0. The molecule has 0 aliphatic heterocycles. The highest BCUT2D eigenvalue weighted by atomic mass is 35.5. The lowest BCUT2D eigenvalue weighted by Gasteiger charge is -2.24. The van der Waals surface area contributed by atoms with Gasteiger partial charge in [0.2, 0.25) is 0 Å². The zero-order valence-electron chi connectivity index (χ0n) is 3.89. The van der Waals surface area contributed by atoms with Gasteiger partial charge in [0.15, 0.2) is 0 Å². The molecule has 1 nitrogen and oxygen atoms in total. The number of hydrogen-bond donors (Lipinski definition) is 0. The smallest absolute Gasteiger partial charge is 0.0671 e. The summed E-state index contributed by atoms with van der Waals surface area (Å²) in [6, 6.07) is 2.12. The van der Waals surface area contributed by atoms with Crippen LogP contribution in [-0.2, 0) is 0 Å². The molecule has 1 saturated carbocycles. The molecule has 0 radical (unpaired) electrons. The van der Waals surface area contributed by atoms with Gasteiger partial charge in [-0.25, -0.2) is 0 Å². The molecule has 0 saturated heterocycles. The Kier molecular flexibility index (Phi) is 1.21. The normalized spacial score (nSPS) is 38.9. The van der Waals surface area contributed by atoms with Crippen molar-refractivity contribution in [1.82, 2.24) is 0 Å². The second-order valence-corrected chi connectivity index (χ2v) is 2.39. The highest BCUT2D eigenvalue weighted by molar-refractivity contribution is 6.21. The number of rotatable bonds is 0. The average molecular weight is 116 g/mol. The Morgan fingerprint density at radius 1 is 1.57 bits per heavy atom. The van der Waals surface area contributed by atoms with Crippen molar-refractivity contribution in [2.24, 2.45) is 5.92 Å².